The topological polar surface area (TPSA) is 77.1 Å². The highest BCUT2D eigenvalue weighted by atomic mass is 16.1. The molecule has 4 aromatic rings. The van der Waals surface area contributed by atoms with Crippen LogP contribution in [-0.4, -0.2) is 30.3 Å². The van der Waals surface area contributed by atoms with Crippen LogP contribution in [0.3, 0.4) is 0 Å². The summed E-state index contributed by atoms with van der Waals surface area (Å²) in [4.78, 5) is 12.3. The molecule has 0 unspecified atom stereocenters. The van der Waals surface area contributed by atoms with Crippen molar-refractivity contribution in [2.24, 2.45) is 0 Å². The highest BCUT2D eigenvalue weighted by molar-refractivity contribution is 5.93. The molecule has 0 bridgehead atoms. The fourth-order valence-corrected chi connectivity index (χ4v) is 2.43. The molecule has 0 aliphatic rings. The van der Waals surface area contributed by atoms with E-state index in [9.17, 15) is 4.79 Å². The van der Waals surface area contributed by atoms with Crippen molar-refractivity contribution in [1.82, 2.24) is 29.7 Å². The van der Waals surface area contributed by atoms with Gasteiger partial charge in [0.1, 0.15) is 0 Å². The summed E-state index contributed by atoms with van der Waals surface area (Å²) in [7, 11) is 0. The number of amides is 1. The molecule has 1 N–H and O–H groups in total. The summed E-state index contributed by atoms with van der Waals surface area (Å²) >= 11 is 0. The Balaban J connectivity index is 1.48. The van der Waals surface area contributed by atoms with Crippen LogP contribution in [-0.2, 0) is 6.54 Å². The summed E-state index contributed by atoms with van der Waals surface area (Å²) in [6.45, 7) is 0.292. The average Bonchev–Trinajstić information content (AvgIpc) is 3.28. The molecule has 0 saturated carbocycles. The number of pyridine rings is 1. The van der Waals surface area contributed by atoms with Crippen LogP contribution in [0.4, 0.5) is 0 Å². The Morgan fingerprint density at radius 1 is 1.04 bits per heavy atom. The molecule has 3 heterocycles. The minimum absolute atomic E-state index is 0.204. The maximum Gasteiger partial charge on any atom is 0.254 e. The van der Waals surface area contributed by atoms with Gasteiger partial charge < -0.3 is 5.32 Å². The van der Waals surface area contributed by atoms with Crippen molar-refractivity contribution in [3.05, 3.63) is 78.5 Å². The number of carbonyl (C=O) groups is 1. The molecule has 0 spiro atoms. The van der Waals surface area contributed by atoms with Crippen molar-refractivity contribution >= 4 is 11.6 Å². The van der Waals surface area contributed by atoms with Crippen LogP contribution in [0, 0.1) is 0 Å². The molecule has 0 aliphatic heterocycles. The normalized spacial score (nSPS) is 10.8. The van der Waals surface area contributed by atoms with Gasteiger partial charge >= 0.3 is 0 Å². The highest BCUT2D eigenvalue weighted by Crippen LogP contribution is 2.08. The van der Waals surface area contributed by atoms with Gasteiger partial charge in [0, 0.05) is 12.4 Å². The van der Waals surface area contributed by atoms with Gasteiger partial charge in [-0.05, 0) is 24.3 Å². The second-order valence-corrected chi connectivity index (χ2v) is 5.24. The van der Waals surface area contributed by atoms with Crippen LogP contribution < -0.4 is 5.32 Å². The lowest BCUT2D eigenvalue weighted by molar-refractivity contribution is 0.0950. The first-order valence-electron chi connectivity index (χ1n) is 7.48. The first-order chi connectivity index (χ1) is 11.8. The van der Waals surface area contributed by atoms with E-state index in [1.807, 2.05) is 59.1 Å². The molecule has 0 aliphatic carbocycles. The number of rotatable bonds is 4. The third-order valence-corrected chi connectivity index (χ3v) is 3.66. The lowest BCUT2D eigenvalue weighted by atomic mass is 10.3. The van der Waals surface area contributed by atoms with Crippen LogP contribution in [0.5, 0.6) is 0 Å². The summed E-state index contributed by atoms with van der Waals surface area (Å²) in [6, 6.07) is 15.3. The monoisotopic (exact) mass is 318 g/mol. The Morgan fingerprint density at radius 2 is 1.88 bits per heavy atom. The quantitative estimate of drug-likeness (QED) is 0.623. The zero-order valence-electron chi connectivity index (χ0n) is 12.7. The van der Waals surface area contributed by atoms with Crippen LogP contribution >= 0.6 is 0 Å². The summed E-state index contributed by atoms with van der Waals surface area (Å²) in [5.74, 6) is 0.472. The highest BCUT2D eigenvalue weighted by Gasteiger charge is 2.11. The van der Waals surface area contributed by atoms with E-state index in [4.69, 9.17) is 0 Å². The van der Waals surface area contributed by atoms with Crippen LogP contribution in [0.1, 0.15) is 16.2 Å². The Bertz CT molecular complexity index is 988. The van der Waals surface area contributed by atoms with E-state index < -0.39 is 0 Å². The van der Waals surface area contributed by atoms with E-state index in [0.29, 0.717) is 17.9 Å². The molecule has 7 heteroatoms. The minimum atomic E-state index is -0.204. The first-order valence-corrected chi connectivity index (χ1v) is 7.48. The second-order valence-electron chi connectivity index (χ2n) is 5.24. The molecule has 1 amide bonds. The molecule has 0 fully saturated rings. The van der Waals surface area contributed by atoms with E-state index >= 15 is 0 Å². The fourth-order valence-electron chi connectivity index (χ4n) is 2.43. The summed E-state index contributed by atoms with van der Waals surface area (Å²) < 4.78 is 3.51. The molecule has 0 atom stereocenters. The Kier molecular flexibility index (Phi) is 3.51. The minimum Gasteiger partial charge on any atom is -0.345 e. The van der Waals surface area contributed by atoms with Crippen molar-refractivity contribution in [3.63, 3.8) is 0 Å². The predicted molar refractivity (Wildman–Crippen MR) is 87.7 cm³/mol. The van der Waals surface area contributed by atoms with Crippen LogP contribution in [0.2, 0.25) is 0 Å². The van der Waals surface area contributed by atoms with E-state index in [1.165, 1.54) is 0 Å². The molecule has 0 saturated heterocycles. The molecule has 7 nitrogen and oxygen atoms in total. The molecule has 24 heavy (non-hydrogen) atoms. The largest absolute Gasteiger partial charge is 0.345 e. The number of benzene rings is 1. The van der Waals surface area contributed by atoms with Gasteiger partial charge in [0.15, 0.2) is 11.5 Å². The van der Waals surface area contributed by atoms with E-state index in [0.717, 1.165) is 11.3 Å². The molecule has 118 valence electrons. The van der Waals surface area contributed by atoms with Crippen LogP contribution in [0.15, 0.2) is 67.1 Å². The van der Waals surface area contributed by atoms with E-state index in [2.05, 4.69) is 20.6 Å². The molecule has 4 rings (SSSR count). The summed E-state index contributed by atoms with van der Waals surface area (Å²) in [5, 5.41) is 15.2. The zero-order chi connectivity index (χ0) is 16.4. The van der Waals surface area contributed by atoms with Gasteiger partial charge in [0.05, 0.1) is 24.0 Å². The molecular formula is C17H14N6O. The number of carbonyl (C=O) groups excluding carboxylic acids is 1. The summed E-state index contributed by atoms with van der Waals surface area (Å²) in [5.41, 5.74) is 2.14. The number of hydrogen-bond acceptors (Lipinski definition) is 4. The lowest BCUT2D eigenvalue weighted by Crippen LogP contribution is -2.23. The first kappa shape index (κ1) is 14.1. The molecular weight excluding hydrogens is 304 g/mol. The van der Waals surface area contributed by atoms with Crippen molar-refractivity contribution in [3.8, 4) is 5.69 Å². The molecule has 0 radical (unpaired) electrons. The number of fused-ring (bicyclic) bond motifs is 1. The van der Waals surface area contributed by atoms with Crippen molar-refractivity contribution < 1.29 is 4.79 Å². The van der Waals surface area contributed by atoms with Gasteiger partial charge in [0.25, 0.3) is 5.91 Å². The smallest absolute Gasteiger partial charge is 0.254 e. The van der Waals surface area contributed by atoms with Gasteiger partial charge in [0.2, 0.25) is 0 Å². The van der Waals surface area contributed by atoms with Gasteiger partial charge in [-0.3, -0.25) is 9.20 Å². The third-order valence-electron chi connectivity index (χ3n) is 3.66. The SMILES string of the molecule is O=C(NCc1nnc2ccccn12)c1cnn(-c2ccccc2)c1. The Labute approximate surface area is 137 Å². The van der Waals surface area contributed by atoms with Gasteiger partial charge in [-0.1, -0.05) is 24.3 Å². The van der Waals surface area contributed by atoms with E-state index in [-0.39, 0.29) is 5.91 Å². The third kappa shape index (κ3) is 2.63. The number of hydrogen-bond donors (Lipinski definition) is 1. The molecule has 3 aromatic heterocycles. The van der Waals surface area contributed by atoms with Gasteiger partial charge in [-0.25, -0.2) is 4.68 Å². The zero-order valence-corrected chi connectivity index (χ0v) is 12.7. The number of nitrogens with zero attached hydrogens (tertiary/aromatic N) is 5. The van der Waals surface area contributed by atoms with E-state index in [1.54, 1.807) is 17.1 Å². The number of para-hydroxylation sites is 1. The van der Waals surface area contributed by atoms with Crippen molar-refractivity contribution in [2.75, 3.05) is 0 Å². The van der Waals surface area contributed by atoms with Crippen molar-refractivity contribution in [2.45, 2.75) is 6.54 Å². The number of nitrogens with one attached hydrogen (secondary N) is 1. The predicted octanol–water partition coefficient (Wildman–Crippen LogP) is 1.84. The van der Waals surface area contributed by atoms with Crippen LogP contribution in [0.25, 0.3) is 11.3 Å². The number of aromatic nitrogens is 5. The summed E-state index contributed by atoms with van der Waals surface area (Å²) in [6.07, 6.45) is 5.11. The maximum absolute atomic E-state index is 12.3. The second kappa shape index (κ2) is 5.96. The average molecular weight is 318 g/mol. The Morgan fingerprint density at radius 3 is 2.75 bits per heavy atom. The maximum atomic E-state index is 12.3. The fraction of sp³-hybridized carbons (Fsp3) is 0.0588. The Hall–Kier alpha value is -3.48. The lowest BCUT2D eigenvalue weighted by Gasteiger charge is -2.02. The van der Waals surface area contributed by atoms with Crippen molar-refractivity contribution in [1.29, 1.82) is 0 Å². The van der Waals surface area contributed by atoms with Gasteiger partial charge in [-0.2, -0.15) is 5.10 Å². The standard InChI is InChI=1S/C17H14N6O/c24-17(13-10-19-23(12-13)14-6-2-1-3-7-14)18-11-16-21-20-15-8-4-5-9-22(15)16/h1-10,12H,11H2,(H,18,24). The van der Waals surface area contributed by atoms with Gasteiger partial charge in [-0.15, -0.1) is 10.2 Å². The molecule has 1 aromatic carbocycles.